The third-order valence-corrected chi connectivity index (χ3v) is 4.14. The lowest BCUT2D eigenvalue weighted by atomic mass is 10.2. The van der Waals surface area contributed by atoms with Crippen molar-refractivity contribution in [2.24, 2.45) is 0 Å². The maximum absolute atomic E-state index is 12.6. The normalized spacial score (nSPS) is 11.4. The Morgan fingerprint density at radius 3 is 2.65 bits per heavy atom. The first-order chi connectivity index (χ1) is 12.2. The highest BCUT2D eigenvalue weighted by molar-refractivity contribution is 7.99. The fourth-order valence-corrected chi connectivity index (χ4v) is 2.80. The van der Waals surface area contributed by atoms with Gasteiger partial charge in [0.1, 0.15) is 13.1 Å². The zero-order valence-electron chi connectivity index (χ0n) is 13.5. The number of carbonyl (C=O) groups excluding carboxylic acids is 2. The summed E-state index contributed by atoms with van der Waals surface area (Å²) in [5, 5.41) is 2.02. The van der Waals surface area contributed by atoms with Crippen LogP contribution in [0.25, 0.3) is 10.9 Å². The largest absolute Gasteiger partial charge is 0.468 e. The average molecular weight is 389 g/mol. The number of fused-ring (bicyclic) bond motifs is 1. The van der Waals surface area contributed by atoms with Crippen molar-refractivity contribution in [2.75, 3.05) is 19.4 Å². The van der Waals surface area contributed by atoms with Crippen molar-refractivity contribution in [3.63, 3.8) is 0 Å². The second kappa shape index (κ2) is 8.21. The predicted molar refractivity (Wildman–Crippen MR) is 87.8 cm³/mol. The predicted octanol–water partition coefficient (Wildman–Crippen LogP) is 1.34. The smallest absolute Gasteiger partial charge is 0.405 e. The van der Waals surface area contributed by atoms with Crippen LogP contribution in [0.1, 0.15) is 0 Å². The van der Waals surface area contributed by atoms with Crippen molar-refractivity contribution in [2.45, 2.75) is 17.9 Å². The molecule has 0 saturated heterocycles. The molecule has 0 saturated carbocycles. The van der Waals surface area contributed by atoms with Crippen LogP contribution < -0.4 is 10.9 Å². The Labute approximate surface area is 149 Å². The molecule has 0 aliphatic rings. The van der Waals surface area contributed by atoms with Gasteiger partial charge in [-0.2, -0.15) is 13.2 Å². The van der Waals surface area contributed by atoms with Crippen LogP contribution in [0, 0.1) is 0 Å². The van der Waals surface area contributed by atoms with Crippen LogP contribution in [0.4, 0.5) is 13.2 Å². The highest BCUT2D eigenvalue weighted by Gasteiger charge is 2.27. The summed E-state index contributed by atoms with van der Waals surface area (Å²) in [6.45, 7) is -1.88. The molecule has 0 aliphatic carbocycles. The molecule has 26 heavy (non-hydrogen) atoms. The number of halogens is 3. The lowest BCUT2D eigenvalue weighted by Crippen LogP contribution is -2.35. The minimum atomic E-state index is -4.52. The molecule has 0 unspecified atom stereocenters. The molecule has 0 fully saturated rings. The first-order valence-electron chi connectivity index (χ1n) is 7.24. The van der Waals surface area contributed by atoms with Crippen LogP contribution in [0.5, 0.6) is 0 Å². The Hall–Kier alpha value is -2.56. The van der Waals surface area contributed by atoms with E-state index in [1.807, 2.05) is 0 Å². The molecule has 0 radical (unpaired) electrons. The maximum atomic E-state index is 12.6. The van der Waals surface area contributed by atoms with Gasteiger partial charge in [0.05, 0.1) is 23.8 Å². The molecular weight excluding hydrogens is 375 g/mol. The number of rotatable bonds is 6. The Balaban J connectivity index is 2.26. The number of esters is 1. The molecule has 1 heterocycles. The first kappa shape index (κ1) is 19.8. The number of alkyl halides is 3. The first-order valence-corrected chi connectivity index (χ1v) is 8.22. The van der Waals surface area contributed by atoms with Crippen LogP contribution in [-0.2, 0) is 20.9 Å². The maximum Gasteiger partial charge on any atom is 0.405 e. The van der Waals surface area contributed by atoms with E-state index in [9.17, 15) is 27.6 Å². The van der Waals surface area contributed by atoms with Crippen LogP contribution in [0.3, 0.4) is 0 Å². The average Bonchev–Trinajstić information content (AvgIpc) is 2.60. The lowest BCUT2D eigenvalue weighted by molar-refractivity contribution is -0.141. The van der Waals surface area contributed by atoms with E-state index in [0.29, 0.717) is 5.52 Å². The molecule has 140 valence electrons. The molecule has 1 aromatic heterocycles. The SMILES string of the molecule is COC(=O)Cn1c(SCC(=O)NCC(F)(F)F)nc2ccccc2c1=O. The van der Waals surface area contributed by atoms with Gasteiger partial charge in [0.15, 0.2) is 5.16 Å². The molecule has 11 heteroatoms. The number of aromatic nitrogens is 2. The van der Waals surface area contributed by atoms with Gasteiger partial charge in [0.25, 0.3) is 5.56 Å². The van der Waals surface area contributed by atoms with E-state index in [4.69, 9.17) is 0 Å². The van der Waals surface area contributed by atoms with Gasteiger partial charge in [-0.1, -0.05) is 23.9 Å². The number of ether oxygens (including phenoxy) is 1. The zero-order chi connectivity index (χ0) is 19.3. The fraction of sp³-hybridized carbons (Fsp3) is 0.333. The second-order valence-electron chi connectivity index (χ2n) is 5.06. The molecule has 2 aromatic rings. The van der Waals surface area contributed by atoms with E-state index in [-0.39, 0.29) is 10.5 Å². The van der Waals surface area contributed by atoms with Gasteiger partial charge in [0.2, 0.25) is 5.91 Å². The van der Waals surface area contributed by atoms with Gasteiger partial charge in [-0.3, -0.25) is 19.0 Å². The van der Waals surface area contributed by atoms with Crippen LogP contribution >= 0.6 is 11.8 Å². The number of thioether (sulfide) groups is 1. The summed E-state index contributed by atoms with van der Waals surface area (Å²) in [7, 11) is 1.15. The quantitative estimate of drug-likeness (QED) is 0.456. The summed E-state index contributed by atoms with van der Waals surface area (Å²) in [4.78, 5) is 39.9. The van der Waals surface area contributed by atoms with Crippen molar-refractivity contribution < 1.29 is 27.5 Å². The van der Waals surface area contributed by atoms with E-state index in [1.54, 1.807) is 23.5 Å². The monoisotopic (exact) mass is 389 g/mol. The molecule has 0 spiro atoms. The highest BCUT2D eigenvalue weighted by atomic mass is 32.2. The Morgan fingerprint density at radius 1 is 1.31 bits per heavy atom. The molecule has 0 atom stereocenters. The summed E-state index contributed by atoms with van der Waals surface area (Å²) in [6.07, 6.45) is -4.52. The van der Waals surface area contributed by atoms with Crippen molar-refractivity contribution in [3.05, 3.63) is 34.6 Å². The van der Waals surface area contributed by atoms with Crippen molar-refractivity contribution in [3.8, 4) is 0 Å². The third-order valence-electron chi connectivity index (χ3n) is 3.16. The van der Waals surface area contributed by atoms with Crippen LogP contribution in [0.2, 0.25) is 0 Å². The number of nitrogens with zero attached hydrogens (tertiary/aromatic N) is 2. The van der Waals surface area contributed by atoms with E-state index < -0.39 is 42.5 Å². The van der Waals surface area contributed by atoms with Gasteiger partial charge in [-0.15, -0.1) is 0 Å². The molecule has 1 amide bonds. The van der Waals surface area contributed by atoms with E-state index >= 15 is 0 Å². The van der Waals surface area contributed by atoms with Crippen molar-refractivity contribution in [1.29, 1.82) is 0 Å². The minimum absolute atomic E-state index is 0.0289. The standard InChI is InChI=1S/C15H14F3N3O4S/c1-25-12(23)6-21-13(24)9-4-2-3-5-10(9)20-14(21)26-7-11(22)19-8-15(16,17)18/h2-5H,6-8H2,1H3,(H,19,22). The zero-order valence-corrected chi connectivity index (χ0v) is 14.3. The van der Waals surface area contributed by atoms with Gasteiger partial charge in [-0.05, 0) is 12.1 Å². The van der Waals surface area contributed by atoms with Gasteiger partial charge >= 0.3 is 12.1 Å². The number of benzene rings is 1. The van der Waals surface area contributed by atoms with Gasteiger partial charge in [0, 0.05) is 0 Å². The Morgan fingerprint density at radius 2 is 2.00 bits per heavy atom. The Kier molecular flexibility index (Phi) is 6.24. The molecular formula is C15H14F3N3O4S. The van der Waals surface area contributed by atoms with Crippen molar-refractivity contribution in [1.82, 2.24) is 14.9 Å². The topological polar surface area (TPSA) is 90.3 Å². The van der Waals surface area contributed by atoms with E-state index in [0.717, 1.165) is 23.4 Å². The highest BCUT2D eigenvalue weighted by Crippen LogP contribution is 2.18. The number of carbonyl (C=O) groups is 2. The molecule has 2 rings (SSSR count). The van der Waals surface area contributed by atoms with E-state index in [1.165, 1.54) is 6.07 Å². The summed E-state index contributed by atoms with van der Waals surface area (Å²) in [6, 6.07) is 6.39. The second-order valence-corrected chi connectivity index (χ2v) is 6.00. The summed E-state index contributed by atoms with van der Waals surface area (Å²) < 4.78 is 41.9. The molecule has 1 aromatic carbocycles. The van der Waals surface area contributed by atoms with E-state index in [2.05, 4.69) is 9.72 Å². The molecule has 0 aliphatic heterocycles. The van der Waals surface area contributed by atoms with Gasteiger partial charge in [-0.25, -0.2) is 4.98 Å². The number of hydrogen-bond donors (Lipinski definition) is 1. The van der Waals surface area contributed by atoms with Crippen LogP contribution in [-0.4, -0.2) is 47.0 Å². The summed E-state index contributed by atoms with van der Waals surface area (Å²) >= 11 is 0.752. The van der Waals surface area contributed by atoms with Crippen LogP contribution in [0.15, 0.2) is 34.2 Å². The third kappa shape index (κ3) is 5.22. The number of amides is 1. The molecule has 1 N–H and O–H groups in total. The number of para-hydroxylation sites is 1. The fourth-order valence-electron chi connectivity index (χ4n) is 1.97. The Bertz CT molecular complexity index is 883. The molecule has 7 nitrogen and oxygen atoms in total. The lowest BCUT2D eigenvalue weighted by Gasteiger charge is -2.12. The number of methoxy groups -OCH3 is 1. The number of hydrogen-bond acceptors (Lipinski definition) is 6. The molecule has 0 bridgehead atoms. The summed E-state index contributed by atoms with van der Waals surface area (Å²) in [5.74, 6) is -1.98. The van der Waals surface area contributed by atoms with Gasteiger partial charge < -0.3 is 10.1 Å². The minimum Gasteiger partial charge on any atom is -0.468 e. The van der Waals surface area contributed by atoms with Crippen molar-refractivity contribution >= 4 is 34.5 Å². The summed E-state index contributed by atoms with van der Waals surface area (Å²) in [5.41, 5.74) is -0.170. The number of nitrogens with one attached hydrogen (secondary N) is 1.